The second-order valence-electron chi connectivity index (χ2n) is 1.23. The Labute approximate surface area is 40.6 Å². The van der Waals surface area contributed by atoms with Crippen molar-refractivity contribution in [3.63, 3.8) is 0 Å². The molecule has 1 heterocycles. The summed E-state index contributed by atoms with van der Waals surface area (Å²) in [5.41, 5.74) is 0. The van der Waals surface area contributed by atoms with Crippen molar-refractivity contribution in [3.8, 4) is 0 Å². The highest BCUT2D eigenvalue weighted by Crippen LogP contribution is 2.18. The van der Waals surface area contributed by atoms with E-state index >= 15 is 0 Å². The van der Waals surface area contributed by atoms with Gasteiger partial charge in [-0.25, -0.2) is 0 Å². The molecule has 3 heteroatoms. The summed E-state index contributed by atoms with van der Waals surface area (Å²) in [6.45, 7) is 0.616. The molecular weight excluding hydrogens is 101 g/mol. The van der Waals surface area contributed by atoms with Crippen LogP contribution < -0.4 is 0 Å². The van der Waals surface area contributed by atoms with E-state index in [1.807, 2.05) is 0 Å². The maximum atomic E-state index is 11.7. The Morgan fingerprint density at radius 2 is 2.50 bits per heavy atom. The molecule has 0 unspecified atom stereocenters. The fraction of sp³-hybridized carbons (Fsp3) is 1.00. The summed E-state index contributed by atoms with van der Waals surface area (Å²) >= 11 is 1.26. The van der Waals surface area contributed by atoms with Gasteiger partial charge in [-0.2, -0.15) is 0 Å². The molecule has 36 valence electrons. The minimum absolute atomic E-state index is 0.616. The first-order valence-corrected chi connectivity index (χ1v) is 2.90. The topological polar surface area (TPSA) is 3.24 Å². The van der Waals surface area contributed by atoms with E-state index in [-0.39, 0.29) is 0 Å². The second kappa shape index (κ2) is 1.80. The van der Waals surface area contributed by atoms with Gasteiger partial charge in [0.25, 0.3) is 0 Å². The summed E-state index contributed by atoms with van der Waals surface area (Å²) in [6, 6.07) is 0. The molecule has 0 bridgehead atoms. The Hall–Kier alpha value is 0.240. The van der Waals surface area contributed by atoms with Gasteiger partial charge < -0.3 is 0 Å². The van der Waals surface area contributed by atoms with Crippen LogP contribution in [0, 0.1) is 0 Å². The van der Waals surface area contributed by atoms with Gasteiger partial charge in [0.05, 0.1) is 0 Å². The Balaban J connectivity index is 2.18. The first-order valence-electron chi connectivity index (χ1n) is 1.96. The van der Waals surface area contributed by atoms with Crippen molar-refractivity contribution in [1.82, 2.24) is 4.53 Å². The standard InChI is InChI=1S/C3H6FNS/c4-5-2-1-3-6-5/h1-3H2. The van der Waals surface area contributed by atoms with Crippen LogP contribution in [0.25, 0.3) is 0 Å². The van der Waals surface area contributed by atoms with Crippen LogP contribution in [0.15, 0.2) is 0 Å². The molecule has 0 amide bonds. The van der Waals surface area contributed by atoms with E-state index < -0.39 is 0 Å². The quantitative estimate of drug-likeness (QED) is 0.338. The highest BCUT2D eigenvalue weighted by Gasteiger charge is 2.08. The highest BCUT2D eigenvalue weighted by molar-refractivity contribution is 7.97. The third kappa shape index (κ3) is 0.849. The van der Waals surface area contributed by atoms with E-state index in [2.05, 4.69) is 0 Å². The summed E-state index contributed by atoms with van der Waals surface area (Å²) in [5.74, 6) is 0.955. The lowest BCUT2D eigenvalue weighted by molar-refractivity contribution is 0.171. The predicted octanol–water partition coefficient (Wildman–Crippen LogP) is 1.22. The van der Waals surface area contributed by atoms with Gasteiger partial charge in [0.15, 0.2) is 0 Å². The summed E-state index contributed by atoms with van der Waals surface area (Å²) in [6.07, 6.45) is 1.00. The van der Waals surface area contributed by atoms with Crippen LogP contribution in [0.1, 0.15) is 6.42 Å². The van der Waals surface area contributed by atoms with Crippen molar-refractivity contribution in [1.29, 1.82) is 0 Å². The van der Waals surface area contributed by atoms with Gasteiger partial charge in [-0.3, -0.25) is 0 Å². The predicted molar refractivity (Wildman–Crippen MR) is 24.9 cm³/mol. The molecule has 0 aromatic heterocycles. The van der Waals surface area contributed by atoms with Gasteiger partial charge >= 0.3 is 0 Å². The Morgan fingerprint density at radius 1 is 1.67 bits per heavy atom. The molecule has 1 fully saturated rings. The Morgan fingerprint density at radius 3 is 2.67 bits per heavy atom. The molecule has 0 N–H and O–H groups in total. The average molecular weight is 107 g/mol. The summed E-state index contributed by atoms with van der Waals surface area (Å²) in [7, 11) is 0. The first-order chi connectivity index (χ1) is 2.89. The normalized spacial score (nSPS) is 25.5. The van der Waals surface area contributed by atoms with E-state index in [0.29, 0.717) is 6.54 Å². The van der Waals surface area contributed by atoms with Gasteiger partial charge in [-0.05, 0) is 18.4 Å². The van der Waals surface area contributed by atoms with E-state index in [0.717, 1.165) is 16.7 Å². The van der Waals surface area contributed by atoms with E-state index in [1.54, 1.807) is 0 Å². The first kappa shape index (κ1) is 4.40. The number of halogens is 1. The van der Waals surface area contributed by atoms with E-state index in [4.69, 9.17) is 0 Å². The SMILES string of the molecule is FN1CCCS1. The zero-order valence-electron chi connectivity index (χ0n) is 3.35. The highest BCUT2D eigenvalue weighted by atomic mass is 32.2. The lowest BCUT2D eigenvalue weighted by atomic mass is 10.5. The van der Waals surface area contributed by atoms with Gasteiger partial charge in [0.2, 0.25) is 0 Å². The summed E-state index contributed by atoms with van der Waals surface area (Å²) in [5, 5.41) is 0. The molecule has 1 nitrogen and oxygen atoms in total. The van der Waals surface area contributed by atoms with Crippen LogP contribution in [-0.2, 0) is 0 Å². The number of hydrogen-bond donors (Lipinski definition) is 0. The Kier molecular flexibility index (Phi) is 1.32. The van der Waals surface area contributed by atoms with Crippen LogP contribution in [-0.4, -0.2) is 16.8 Å². The van der Waals surface area contributed by atoms with Crippen molar-refractivity contribution >= 4 is 11.9 Å². The number of nitrogens with zero attached hydrogens (tertiary/aromatic N) is 1. The van der Waals surface area contributed by atoms with Gasteiger partial charge in [0, 0.05) is 12.3 Å². The van der Waals surface area contributed by atoms with Crippen molar-refractivity contribution in [2.45, 2.75) is 6.42 Å². The molecule has 0 aliphatic carbocycles. The zero-order chi connectivity index (χ0) is 4.41. The molecule has 0 saturated carbocycles. The molecule has 1 saturated heterocycles. The molecular formula is C3H6FNS. The molecule has 0 spiro atoms. The average Bonchev–Trinajstić information content (AvgIpc) is 1.86. The largest absolute Gasteiger partial charge is 0.123 e. The van der Waals surface area contributed by atoms with Crippen LogP contribution in [0.2, 0.25) is 0 Å². The summed E-state index contributed by atoms with van der Waals surface area (Å²) < 4.78 is 12.5. The van der Waals surface area contributed by atoms with Crippen LogP contribution in [0.4, 0.5) is 4.48 Å². The maximum absolute atomic E-state index is 11.7. The summed E-state index contributed by atoms with van der Waals surface area (Å²) in [4.78, 5) is 0. The van der Waals surface area contributed by atoms with Crippen molar-refractivity contribution in [2.24, 2.45) is 0 Å². The van der Waals surface area contributed by atoms with Crippen molar-refractivity contribution < 1.29 is 4.48 Å². The van der Waals surface area contributed by atoms with Crippen molar-refractivity contribution in [3.05, 3.63) is 0 Å². The van der Waals surface area contributed by atoms with Gasteiger partial charge in [0.1, 0.15) is 0 Å². The van der Waals surface area contributed by atoms with Crippen LogP contribution in [0.5, 0.6) is 0 Å². The number of hydrogen-bond acceptors (Lipinski definition) is 2. The Bertz CT molecular complexity index is 44.1. The molecule has 1 aliphatic rings. The van der Waals surface area contributed by atoms with E-state index in [9.17, 15) is 4.48 Å². The zero-order valence-corrected chi connectivity index (χ0v) is 4.17. The fourth-order valence-electron chi connectivity index (χ4n) is 0.417. The van der Waals surface area contributed by atoms with Crippen LogP contribution >= 0.6 is 11.9 Å². The van der Waals surface area contributed by atoms with Gasteiger partial charge in [-0.1, -0.05) is 4.53 Å². The van der Waals surface area contributed by atoms with E-state index in [1.165, 1.54) is 11.9 Å². The third-order valence-electron chi connectivity index (χ3n) is 0.710. The maximum Gasteiger partial charge on any atom is 0.0415 e. The molecule has 0 radical (unpaired) electrons. The third-order valence-corrected chi connectivity index (χ3v) is 1.64. The fourth-order valence-corrected chi connectivity index (χ4v) is 1.13. The monoisotopic (exact) mass is 107 g/mol. The van der Waals surface area contributed by atoms with Crippen molar-refractivity contribution in [2.75, 3.05) is 12.3 Å². The second-order valence-corrected chi connectivity index (χ2v) is 2.29. The molecule has 6 heavy (non-hydrogen) atoms. The molecule has 0 atom stereocenters. The molecule has 0 aromatic carbocycles. The minimum Gasteiger partial charge on any atom is -0.123 e. The van der Waals surface area contributed by atoms with Gasteiger partial charge in [-0.15, -0.1) is 4.48 Å². The minimum atomic E-state index is 0.616. The lowest BCUT2D eigenvalue weighted by Crippen LogP contribution is -1.93. The smallest absolute Gasteiger partial charge is 0.0415 e. The molecule has 1 rings (SSSR count). The molecule has 1 aliphatic heterocycles. The lowest BCUT2D eigenvalue weighted by Gasteiger charge is -1.92. The number of rotatable bonds is 0. The molecule has 0 aromatic rings. The van der Waals surface area contributed by atoms with Crippen LogP contribution in [0.3, 0.4) is 0 Å².